The van der Waals surface area contributed by atoms with Crippen LogP contribution in [-0.2, 0) is 9.53 Å². The number of rotatable bonds is 10. The van der Waals surface area contributed by atoms with Crippen LogP contribution in [0, 0.1) is 5.92 Å². The first-order valence-corrected chi connectivity index (χ1v) is 11.9. The van der Waals surface area contributed by atoms with Crippen molar-refractivity contribution in [1.29, 1.82) is 0 Å². The molecule has 0 aliphatic heterocycles. The highest BCUT2D eigenvalue weighted by Crippen LogP contribution is 2.22. The quantitative estimate of drug-likeness (QED) is 0.225. The Morgan fingerprint density at radius 1 is 1.06 bits per heavy atom. The number of furan rings is 1. The van der Waals surface area contributed by atoms with Crippen LogP contribution in [0.2, 0.25) is 5.02 Å². The maximum atomic E-state index is 12.7. The highest BCUT2D eigenvalue weighted by molar-refractivity contribution is 6.31. The molecule has 2 aromatic carbocycles. The van der Waals surface area contributed by atoms with E-state index >= 15 is 0 Å². The summed E-state index contributed by atoms with van der Waals surface area (Å²) in [5, 5.41) is 7.11. The molecule has 0 radical (unpaired) electrons. The molecule has 2 amide bonds. The molecule has 0 saturated heterocycles. The molecule has 0 aliphatic rings. The Balaban J connectivity index is 1.59. The molecule has 2 N–H and O–H groups in total. The molecule has 3 rings (SSSR count). The standard InChI is InChI=1S/C27H28ClN3O5/c1-4-14-35-27(34)19-10-8-18(9-11-19)23-13-12-22(36-23)16-29-31-26(33)24(17(2)3)30-25(32)20-6-5-7-21(28)15-20/h5-13,15-17,24H,4,14H2,1-3H3,(H,30,32)(H,31,33). The lowest BCUT2D eigenvalue weighted by Gasteiger charge is -2.20. The van der Waals surface area contributed by atoms with Crippen molar-refractivity contribution in [3.05, 3.63) is 82.6 Å². The van der Waals surface area contributed by atoms with Crippen LogP contribution >= 0.6 is 11.6 Å². The number of benzene rings is 2. The lowest BCUT2D eigenvalue weighted by atomic mass is 10.0. The van der Waals surface area contributed by atoms with Crippen molar-refractivity contribution < 1.29 is 23.5 Å². The van der Waals surface area contributed by atoms with E-state index in [1.807, 2.05) is 20.8 Å². The van der Waals surface area contributed by atoms with Crippen LogP contribution in [0.4, 0.5) is 0 Å². The summed E-state index contributed by atoms with van der Waals surface area (Å²) in [6.45, 7) is 5.95. The van der Waals surface area contributed by atoms with Crippen molar-refractivity contribution in [3.63, 3.8) is 0 Å². The fourth-order valence-corrected chi connectivity index (χ4v) is 3.43. The summed E-state index contributed by atoms with van der Waals surface area (Å²) in [6.07, 6.45) is 2.13. The van der Waals surface area contributed by atoms with Crippen LogP contribution in [0.5, 0.6) is 0 Å². The zero-order valence-corrected chi connectivity index (χ0v) is 21.0. The second kappa shape index (κ2) is 12.7. The summed E-state index contributed by atoms with van der Waals surface area (Å²) in [5.41, 5.74) is 4.04. The van der Waals surface area contributed by atoms with E-state index in [1.165, 1.54) is 12.3 Å². The number of esters is 1. The highest BCUT2D eigenvalue weighted by Gasteiger charge is 2.24. The summed E-state index contributed by atoms with van der Waals surface area (Å²) in [4.78, 5) is 37.1. The molecule has 8 nitrogen and oxygen atoms in total. The van der Waals surface area contributed by atoms with Crippen LogP contribution in [-0.4, -0.2) is 36.6 Å². The Morgan fingerprint density at radius 3 is 2.47 bits per heavy atom. The molecular weight excluding hydrogens is 482 g/mol. The van der Waals surface area contributed by atoms with E-state index in [0.29, 0.717) is 34.3 Å². The number of hydrazone groups is 1. The van der Waals surface area contributed by atoms with Crippen LogP contribution in [0.1, 0.15) is 53.7 Å². The lowest BCUT2D eigenvalue weighted by molar-refractivity contribution is -0.123. The van der Waals surface area contributed by atoms with Gasteiger partial charge in [-0.25, -0.2) is 10.2 Å². The Kier molecular flexibility index (Phi) is 9.41. The number of carbonyl (C=O) groups is 3. The minimum Gasteiger partial charge on any atom is -0.462 e. The normalized spacial score (nSPS) is 11.9. The van der Waals surface area contributed by atoms with Crippen LogP contribution < -0.4 is 10.7 Å². The number of hydrogen-bond donors (Lipinski definition) is 2. The fourth-order valence-electron chi connectivity index (χ4n) is 3.24. The Hall–Kier alpha value is -3.91. The molecule has 0 aliphatic carbocycles. The summed E-state index contributed by atoms with van der Waals surface area (Å²) < 4.78 is 10.9. The third kappa shape index (κ3) is 7.29. The molecular formula is C27H28ClN3O5. The predicted octanol–water partition coefficient (Wildman–Crippen LogP) is 5.07. The lowest BCUT2D eigenvalue weighted by Crippen LogP contribution is -2.48. The number of halogens is 1. The van der Waals surface area contributed by atoms with Gasteiger partial charge in [-0.05, 0) is 54.8 Å². The average Bonchev–Trinajstić information content (AvgIpc) is 3.34. The van der Waals surface area contributed by atoms with Gasteiger partial charge in [-0.15, -0.1) is 0 Å². The molecule has 0 fully saturated rings. The van der Waals surface area contributed by atoms with E-state index in [1.54, 1.807) is 54.6 Å². The predicted molar refractivity (Wildman–Crippen MR) is 138 cm³/mol. The average molecular weight is 510 g/mol. The van der Waals surface area contributed by atoms with Crippen LogP contribution in [0.15, 0.2) is 70.2 Å². The molecule has 0 spiro atoms. The maximum Gasteiger partial charge on any atom is 0.338 e. The van der Waals surface area contributed by atoms with Crippen molar-refractivity contribution in [2.24, 2.45) is 11.0 Å². The first-order chi connectivity index (χ1) is 17.3. The SMILES string of the molecule is CCCOC(=O)c1ccc(-c2ccc(C=NNC(=O)C(NC(=O)c3cccc(Cl)c3)C(C)C)o2)cc1. The molecule has 3 aromatic rings. The van der Waals surface area contributed by atoms with Crippen molar-refractivity contribution in [1.82, 2.24) is 10.7 Å². The number of amides is 2. The summed E-state index contributed by atoms with van der Waals surface area (Å²) in [7, 11) is 0. The van der Waals surface area contributed by atoms with Gasteiger partial charge in [-0.1, -0.05) is 50.6 Å². The van der Waals surface area contributed by atoms with Gasteiger partial charge in [0.15, 0.2) is 0 Å². The van der Waals surface area contributed by atoms with Gasteiger partial charge in [0.05, 0.1) is 18.4 Å². The molecule has 9 heteroatoms. The van der Waals surface area contributed by atoms with Gasteiger partial charge in [-0.3, -0.25) is 9.59 Å². The number of hydrogen-bond acceptors (Lipinski definition) is 6. The van der Waals surface area contributed by atoms with E-state index in [0.717, 1.165) is 12.0 Å². The Labute approximate surface area is 214 Å². The zero-order valence-electron chi connectivity index (χ0n) is 20.3. The van der Waals surface area contributed by atoms with Gasteiger partial charge in [0, 0.05) is 16.1 Å². The highest BCUT2D eigenvalue weighted by atomic mass is 35.5. The summed E-state index contributed by atoms with van der Waals surface area (Å²) in [6, 6.07) is 16.0. The first-order valence-electron chi connectivity index (χ1n) is 11.5. The molecule has 1 atom stereocenters. The number of nitrogens with one attached hydrogen (secondary N) is 2. The molecule has 1 heterocycles. The minimum absolute atomic E-state index is 0.180. The second-order valence-corrected chi connectivity index (χ2v) is 8.79. The maximum absolute atomic E-state index is 12.7. The van der Waals surface area contributed by atoms with E-state index in [-0.39, 0.29) is 11.9 Å². The molecule has 1 aromatic heterocycles. The van der Waals surface area contributed by atoms with Gasteiger partial charge >= 0.3 is 5.97 Å². The smallest absolute Gasteiger partial charge is 0.338 e. The number of nitrogens with zero attached hydrogens (tertiary/aromatic N) is 1. The summed E-state index contributed by atoms with van der Waals surface area (Å²) >= 11 is 5.95. The third-order valence-electron chi connectivity index (χ3n) is 5.16. The van der Waals surface area contributed by atoms with E-state index < -0.39 is 17.9 Å². The minimum atomic E-state index is -0.802. The van der Waals surface area contributed by atoms with Crippen molar-refractivity contribution in [2.75, 3.05) is 6.61 Å². The second-order valence-electron chi connectivity index (χ2n) is 8.36. The van der Waals surface area contributed by atoms with E-state index in [9.17, 15) is 14.4 Å². The monoisotopic (exact) mass is 509 g/mol. The molecule has 188 valence electrons. The molecule has 0 bridgehead atoms. The number of ether oxygens (including phenoxy) is 1. The Bertz CT molecular complexity index is 1230. The largest absolute Gasteiger partial charge is 0.462 e. The van der Waals surface area contributed by atoms with Gasteiger partial charge in [-0.2, -0.15) is 5.10 Å². The summed E-state index contributed by atoms with van der Waals surface area (Å²) in [5.74, 6) is -0.425. The molecule has 36 heavy (non-hydrogen) atoms. The van der Waals surface area contributed by atoms with Gasteiger partial charge in [0.2, 0.25) is 0 Å². The molecule has 0 saturated carbocycles. The van der Waals surface area contributed by atoms with Gasteiger partial charge in [0.1, 0.15) is 17.6 Å². The van der Waals surface area contributed by atoms with Crippen molar-refractivity contribution in [2.45, 2.75) is 33.2 Å². The van der Waals surface area contributed by atoms with E-state index in [4.69, 9.17) is 20.8 Å². The van der Waals surface area contributed by atoms with Gasteiger partial charge in [0.25, 0.3) is 11.8 Å². The first kappa shape index (κ1) is 26.7. The molecule has 1 unspecified atom stereocenters. The van der Waals surface area contributed by atoms with Crippen LogP contribution in [0.25, 0.3) is 11.3 Å². The zero-order chi connectivity index (χ0) is 26.1. The van der Waals surface area contributed by atoms with Crippen molar-refractivity contribution >= 4 is 35.6 Å². The number of carbonyl (C=O) groups excluding carboxylic acids is 3. The third-order valence-corrected chi connectivity index (χ3v) is 5.39. The van der Waals surface area contributed by atoms with E-state index in [2.05, 4.69) is 15.8 Å². The Morgan fingerprint density at radius 2 is 1.81 bits per heavy atom. The van der Waals surface area contributed by atoms with Gasteiger partial charge < -0.3 is 14.5 Å². The van der Waals surface area contributed by atoms with Crippen molar-refractivity contribution in [3.8, 4) is 11.3 Å². The van der Waals surface area contributed by atoms with Crippen LogP contribution in [0.3, 0.4) is 0 Å². The topological polar surface area (TPSA) is 110 Å². The fraction of sp³-hybridized carbons (Fsp3) is 0.259.